The number of piperidine rings is 1. The summed E-state index contributed by atoms with van der Waals surface area (Å²) in [5, 5.41) is 4.73. The maximum Gasteiger partial charge on any atom is 0.207 e. The molecule has 0 spiro atoms. The van der Waals surface area contributed by atoms with Crippen molar-refractivity contribution in [2.24, 2.45) is 0 Å². The van der Waals surface area contributed by atoms with Crippen LogP contribution in [0.2, 0.25) is 0 Å². The Bertz CT molecular complexity index is 714. The molecule has 1 aliphatic heterocycles. The van der Waals surface area contributed by atoms with E-state index in [2.05, 4.69) is 42.7 Å². The lowest BCUT2D eigenvalue weighted by atomic mass is 10.0. The molecule has 0 aliphatic carbocycles. The molecule has 23 heavy (non-hydrogen) atoms. The van der Waals surface area contributed by atoms with E-state index in [0.29, 0.717) is 0 Å². The van der Waals surface area contributed by atoms with Crippen LogP contribution in [0.5, 0.6) is 0 Å². The molecule has 0 saturated carbocycles. The van der Waals surface area contributed by atoms with Crippen LogP contribution in [0.15, 0.2) is 24.3 Å². The molecule has 1 aliphatic rings. The number of aryl methyl sites for hydroxylation is 2. The quantitative estimate of drug-likeness (QED) is 0.872. The van der Waals surface area contributed by atoms with Gasteiger partial charge in [0.15, 0.2) is 6.67 Å². The van der Waals surface area contributed by atoms with E-state index < -0.39 is 0 Å². The standard InChI is InChI=1S/C18H26N4S/c1-4-16-7-5-6-12-20(16)13-21-18(23)22(15(3)19-21)17-10-8-14(2)9-11-17/h8-11,16H,4-7,12-13H2,1-3H3/p+1/t16-/m0/s1. The summed E-state index contributed by atoms with van der Waals surface area (Å²) in [5.41, 5.74) is 2.36. The molecule has 1 saturated heterocycles. The molecule has 124 valence electrons. The lowest BCUT2D eigenvalue weighted by molar-refractivity contribution is -0.953. The van der Waals surface area contributed by atoms with Gasteiger partial charge in [-0.05, 0) is 63.9 Å². The van der Waals surface area contributed by atoms with Crippen LogP contribution in [-0.2, 0) is 6.67 Å². The highest BCUT2D eigenvalue weighted by molar-refractivity contribution is 7.71. The van der Waals surface area contributed by atoms with E-state index in [1.165, 1.54) is 37.8 Å². The first-order chi connectivity index (χ1) is 11.1. The molecule has 1 fully saturated rings. The molecule has 1 aromatic carbocycles. The largest absolute Gasteiger partial charge is 0.314 e. The van der Waals surface area contributed by atoms with Crippen molar-refractivity contribution >= 4 is 12.2 Å². The number of nitrogens with zero attached hydrogens (tertiary/aromatic N) is 3. The number of quaternary nitrogens is 1. The highest BCUT2D eigenvalue weighted by atomic mass is 32.1. The molecule has 0 amide bonds. The highest BCUT2D eigenvalue weighted by Crippen LogP contribution is 2.13. The summed E-state index contributed by atoms with van der Waals surface area (Å²) in [5.74, 6) is 0.961. The molecule has 5 heteroatoms. The molecule has 2 aromatic rings. The Kier molecular flexibility index (Phi) is 4.97. The van der Waals surface area contributed by atoms with Crippen LogP contribution in [0.1, 0.15) is 44.0 Å². The lowest BCUT2D eigenvalue weighted by Crippen LogP contribution is -3.15. The summed E-state index contributed by atoms with van der Waals surface area (Å²) in [6, 6.07) is 9.23. The Labute approximate surface area is 143 Å². The topological polar surface area (TPSA) is 27.2 Å². The number of nitrogens with one attached hydrogen (secondary N) is 1. The van der Waals surface area contributed by atoms with Crippen molar-refractivity contribution < 1.29 is 4.90 Å². The number of likely N-dealkylation sites (tertiary alicyclic amines) is 1. The third-order valence-electron chi connectivity index (χ3n) is 5.02. The van der Waals surface area contributed by atoms with E-state index in [1.54, 1.807) is 4.90 Å². The van der Waals surface area contributed by atoms with Crippen LogP contribution in [0, 0.1) is 18.6 Å². The van der Waals surface area contributed by atoms with Crippen molar-refractivity contribution in [2.75, 3.05) is 6.54 Å². The third-order valence-corrected chi connectivity index (χ3v) is 5.41. The normalized spacial score (nSPS) is 21.5. The van der Waals surface area contributed by atoms with Crippen molar-refractivity contribution in [3.63, 3.8) is 0 Å². The van der Waals surface area contributed by atoms with Gasteiger partial charge in [0.1, 0.15) is 5.82 Å². The monoisotopic (exact) mass is 331 g/mol. The van der Waals surface area contributed by atoms with Crippen molar-refractivity contribution in [2.45, 2.75) is 59.2 Å². The summed E-state index contributed by atoms with van der Waals surface area (Å²) in [6.45, 7) is 8.55. The lowest BCUT2D eigenvalue weighted by Gasteiger charge is -2.31. The minimum atomic E-state index is 0.746. The number of rotatable bonds is 4. The molecule has 1 N–H and O–H groups in total. The fourth-order valence-corrected chi connectivity index (χ4v) is 4.00. The first-order valence-corrected chi connectivity index (χ1v) is 9.09. The van der Waals surface area contributed by atoms with Crippen LogP contribution in [0.3, 0.4) is 0 Å². The van der Waals surface area contributed by atoms with Gasteiger partial charge in [-0.25, -0.2) is 0 Å². The Morgan fingerprint density at radius 2 is 1.96 bits per heavy atom. The van der Waals surface area contributed by atoms with E-state index in [9.17, 15) is 0 Å². The number of hydrogen-bond acceptors (Lipinski definition) is 2. The van der Waals surface area contributed by atoms with E-state index in [1.807, 2.05) is 11.6 Å². The average molecular weight is 332 g/mol. The minimum absolute atomic E-state index is 0.746. The first kappa shape index (κ1) is 16.4. The van der Waals surface area contributed by atoms with E-state index in [-0.39, 0.29) is 0 Å². The predicted molar refractivity (Wildman–Crippen MR) is 95.6 cm³/mol. The zero-order valence-electron chi connectivity index (χ0n) is 14.4. The SMILES string of the molecule is CC[C@H]1CCCC[NH+]1Cn1nc(C)n(-c2ccc(C)cc2)c1=S. The molecule has 4 nitrogen and oxygen atoms in total. The third kappa shape index (κ3) is 3.40. The fourth-order valence-electron chi connectivity index (χ4n) is 3.65. The first-order valence-electron chi connectivity index (χ1n) is 8.68. The molecule has 2 atom stereocenters. The minimum Gasteiger partial charge on any atom is -0.314 e. The summed E-state index contributed by atoms with van der Waals surface area (Å²) < 4.78 is 4.91. The van der Waals surface area contributed by atoms with Crippen molar-refractivity contribution in [3.05, 3.63) is 40.4 Å². The zero-order chi connectivity index (χ0) is 16.4. The number of benzene rings is 1. The maximum absolute atomic E-state index is 5.72. The molecule has 0 radical (unpaired) electrons. The van der Waals surface area contributed by atoms with Gasteiger partial charge in [0.05, 0.1) is 12.6 Å². The maximum atomic E-state index is 5.72. The van der Waals surface area contributed by atoms with Gasteiger partial charge in [-0.2, -0.15) is 9.78 Å². The molecule has 1 aromatic heterocycles. The summed E-state index contributed by atoms with van der Waals surface area (Å²) in [6.07, 6.45) is 5.25. The number of aromatic nitrogens is 3. The van der Waals surface area contributed by atoms with Crippen molar-refractivity contribution in [1.29, 1.82) is 0 Å². The molecular weight excluding hydrogens is 304 g/mol. The van der Waals surface area contributed by atoms with Crippen LogP contribution in [0.25, 0.3) is 5.69 Å². The van der Waals surface area contributed by atoms with Crippen molar-refractivity contribution in [3.8, 4) is 5.69 Å². The van der Waals surface area contributed by atoms with Crippen LogP contribution >= 0.6 is 12.2 Å². The van der Waals surface area contributed by atoms with Crippen molar-refractivity contribution in [1.82, 2.24) is 14.3 Å². The van der Waals surface area contributed by atoms with Gasteiger partial charge in [-0.1, -0.05) is 24.6 Å². The highest BCUT2D eigenvalue weighted by Gasteiger charge is 2.25. The Balaban J connectivity index is 1.88. The molecule has 1 unspecified atom stereocenters. The van der Waals surface area contributed by atoms with Gasteiger partial charge < -0.3 is 4.90 Å². The molecule has 3 rings (SSSR count). The number of hydrogen-bond donors (Lipinski definition) is 1. The summed E-state index contributed by atoms with van der Waals surface area (Å²) in [7, 11) is 0. The Hall–Kier alpha value is -1.46. The van der Waals surface area contributed by atoms with Gasteiger partial charge in [-0.3, -0.25) is 4.57 Å². The second-order valence-electron chi connectivity index (χ2n) is 6.67. The van der Waals surface area contributed by atoms with Gasteiger partial charge in [0.2, 0.25) is 4.77 Å². The molecular formula is C18H27N4S+. The van der Waals surface area contributed by atoms with Gasteiger partial charge >= 0.3 is 0 Å². The average Bonchev–Trinajstić information content (AvgIpc) is 2.83. The summed E-state index contributed by atoms with van der Waals surface area (Å²) >= 11 is 5.72. The van der Waals surface area contributed by atoms with Crippen LogP contribution in [0.4, 0.5) is 0 Å². The summed E-state index contributed by atoms with van der Waals surface area (Å²) in [4.78, 5) is 1.63. The van der Waals surface area contributed by atoms with E-state index in [0.717, 1.165) is 29.0 Å². The van der Waals surface area contributed by atoms with Gasteiger partial charge in [0.25, 0.3) is 0 Å². The molecule has 2 heterocycles. The zero-order valence-corrected chi connectivity index (χ0v) is 15.2. The Morgan fingerprint density at radius 1 is 1.22 bits per heavy atom. The van der Waals surface area contributed by atoms with Crippen LogP contribution < -0.4 is 4.90 Å². The second kappa shape index (κ2) is 6.97. The predicted octanol–water partition coefficient (Wildman–Crippen LogP) is 2.83. The van der Waals surface area contributed by atoms with E-state index in [4.69, 9.17) is 17.3 Å². The van der Waals surface area contributed by atoms with Gasteiger partial charge in [0, 0.05) is 5.69 Å². The second-order valence-corrected chi connectivity index (χ2v) is 7.03. The Morgan fingerprint density at radius 3 is 2.65 bits per heavy atom. The van der Waals surface area contributed by atoms with Gasteiger partial charge in [-0.15, -0.1) is 0 Å². The fraction of sp³-hybridized carbons (Fsp3) is 0.556. The van der Waals surface area contributed by atoms with Crippen LogP contribution in [-0.4, -0.2) is 26.9 Å². The molecule has 0 bridgehead atoms. The smallest absolute Gasteiger partial charge is 0.207 e. The van der Waals surface area contributed by atoms with E-state index >= 15 is 0 Å².